The van der Waals surface area contributed by atoms with E-state index in [9.17, 15) is 14.4 Å². The lowest BCUT2D eigenvalue weighted by Gasteiger charge is -2.37. The van der Waals surface area contributed by atoms with Gasteiger partial charge in [0.25, 0.3) is 5.91 Å². The van der Waals surface area contributed by atoms with Crippen LogP contribution in [-0.4, -0.2) is 52.3 Å². The summed E-state index contributed by atoms with van der Waals surface area (Å²) in [4.78, 5) is 40.7. The highest BCUT2D eigenvalue weighted by atomic mass is 16.2. The number of nitrogens with one attached hydrogen (secondary N) is 1. The maximum absolute atomic E-state index is 12.9. The molecule has 23 heavy (non-hydrogen) atoms. The van der Waals surface area contributed by atoms with Crippen molar-refractivity contribution >= 4 is 17.8 Å². The minimum atomic E-state index is -0.775. The Bertz CT molecular complexity index is 521. The summed E-state index contributed by atoms with van der Waals surface area (Å²) in [6.07, 6.45) is 6.79. The van der Waals surface area contributed by atoms with Crippen LogP contribution in [0.4, 0.5) is 4.79 Å². The molecule has 2 aliphatic heterocycles. The number of piperidine rings is 1. The summed E-state index contributed by atoms with van der Waals surface area (Å²) in [5.74, 6) is -0.185. The number of imide groups is 1. The monoisotopic (exact) mass is 321 g/mol. The van der Waals surface area contributed by atoms with Gasteiger partial charge in [0.2, 0.25) is 5.91 Å². The Balaban J connectivity index is 1.72. The van der Waals surface area contributed by atoms with Crippen molar-refractivity contribution in [3.63, 3.8) is 0 Å². The lowest BCUT2D eigenvalue weighted by Crippen LogP contribution is -2.54. The molecule has 2 saturated heterocycles. The third-order valence-electron chi connectivity index (χ3n) is 5.92. The van der Waals surface area contributed by atoms with Gasteiger partial charge in [0.05, 0.1) is 0 Å². The Labute approximate surface area is 137 Å². The van der Waals surface area contributed by atoms with Gasteiger partial charge in [0.15, 0.2) is 0 Å². The van der Waals surface area contributed by atoms with Gasteiger partial charge >= 0.3 is 6.03 Å². The summed E-state index contributed by atoms with van der Waals surface area (Å²) in [7, 11) is 0. The number of rotatable bonds is 2. The van der Waals surface area contributed by atoms with E-state index in [0.717, 1.165) is 50.0 Å². The van der Waals surface area contributed by atoms with Crippen LogP contribution >= 0.6 is 0 Å². The third-order valence-corrected chi connectivity index (χ3v) is 5.92. The number of hydrogen-bond donors (Lipinski definition) is 1. The van der Waals surface area contributed by atoms with E-state index in [4.69, 9.17) is 0 Å². The van der Waals surface area contributed by atoms with E-state index in [-0.39, 0.29) is 30.3 Å². The highest BCUT2D eigenvalue weighted by molar-refractivity contribution is 6.09. The van der Waals surface area contributed by atoms with E-state index in [0.29, 0.717) is 6.42 Å². The molecule has 0 radical (unpaired) electrons. The van der Waals surface area contributed by atoms with Crippen LogP contribution < -0.4 is 5.32 Å². The number of hydrogen-bond acceptors (Lipinski definition) is 3. The Morgan fingerprint density at radius 3 is 2.61 bits per heavy atom. The van der Waals surface area contributed by atoms with Crippen LogP contribution in [0.1, 0.15) is 58.8 Å². The number of carbonyl (C=O) groups excluding carboxylic acids is 3. The molecule has 128 valence electrons. The fourth-order valence-electron chi connectivity index (χ4n) is 4.33. The molecule has 4 amide bonds. The van der Waals surface area contributed by atoms with Gasteiger partial charge in [-0.3, -0.25) is 14.5 Å². The number of carbonyl (C=O) groups is 3. The topological polar surface area (TPSA) is 69.7 Å². The first-order chi connectivity index (χ1) is 11.0. The minimum absolute atomic E-state index is 0.110. The molecule has 6 nitrogen and oxygen atoms in total. The van der Waals surface area contributed by atoms with Gasteiger partial charge in [-0.1, -0.05) is 19.8 Å². The predicted molar refractivity (Wildman–Crippen MR) is 85.6 cm³/mol. The largest absolute Gasteiger partial charge is 0.338 e. The zero-order valence-corrected chi connectivity index (χ0v) is 14.1. The molecule has 3 atom stereocenters. The van der Waals surface area contributed by atoms with Crippen LogP contribution in [0.15, 0.2) is 0 Å². The average molecular weight is 321 g/mol. The van der Waals surface area contributed by atoms with Gasteiger partial charge < -0.3 is 10.2 Å². The van der Waals surface area contributed by atoms with Crippen molar-refractivity contribution in [2.75, 3.05) is 13.1 Å². The second-order valence-electron chi connectivity index (χ2n) is 7.37. The molecule has 3 aliphatic rings. The van der Waals surface area contributed by atoms with E-state index in [1.807, 2.05) is 18.7 Å². The minimum Gasteiger partial charge on any atom is -0.338 e. The Morgan fingerprint density at radius 1 is 1.17 bits per heavy atom. The Morgan fingerprint density at radius 2 is 1.91 bits per heavy atom. The molecule has 1 aliphatic carbocycles. The summed E-state index contributed by atoms with van der Waals surface area (Å²) < 4.78 is 0. The summed E-state index contributed by atoms with van der Waals surface area (Å²) in [5, 5.41) is 2.91. The molecule has 2 heterocycles. The molecule has 1 N–H and O–H groups in total. The molecule has 0 aromatic rings. The van der Waals surface area contributed by atoms with E-state index in [1.54, 1.807) is 0 Å². The van der Waals surface area contributed by atoms with Crippen LogP contribution in [-0.2, 0) is 9.59 Å². The molecule has 1 spiro atoms. The molecule has 0 aromatic carbocycles. The lowest BCUT2D eigenvalue weighted by atomic mass is 9.73. The highest BCUT2D eigenvalue weighted by Gasteiger charge is 2.55. The number of amides is 4. The van der Waals surface area contributed by atoms with Crippen molar-refractivity contribution in [1.82, 2.24) is 15.1 Å². The van der Waals surface area contributed by atoms with E-state index in [1.165, 1.54) is 0 Å². The van der Waals surface area contributed by atoms with E-state index < -0.39 is 11.6 Å². The molecule has 3 fully saturated rings. The van der Waals surface area contributed by atoms with Gasteiger partial charge in [0.1, 0.15) is 12.1 Å². The SMILES string of the molecule is C[C@@H]1CCCCN1C(=O)CN1C(=O)N[C@@]2(CCCC[C@H]2C)C1=O. The number of nitrogens with zero attached hydrogens (tertiary/aromatic N) is 2. The summed E-state index contributed by atoms with van der Waals surface area (Å²) in [6.45, 7) is 4.66. The highest BCUT2D eigenvalue weighted by Crippen LogP contribution is 2.38. The summed E-state index contributed by atoms with van der Waals surface area (Å²) in [5.41, 5.74) is -0.775. The van der Waals surface area contributed by atoms with Gasteiger partial charge in [-0.2, -0.15) is 0 Å². The van der Waals surface area contributed by atoms with Crippen LogP contribution in [0, 0.1) is 5.92 Å². The molecule has 0 aromatic heterocycles. The first kappa shape index (κ1) is 16.3. The maximum Gasteiger partial charge on any atom is 0.325 e. The zero-order chi connectivity index (χ0) is 16.6. The first-order valence-corrected chi connectivity index (χ1v) is 8.89. The van der Waals surface area contributed by atoms with Crippen LogP contribution in [0.5, 0.6) is 0 Å². The van der Waals surface area contributed by atoms with Crippen molar-refractivity contribution in [1.29, 1.82) is 0 Å². The molecule has 3 rings (SSSR count). The Hall–Kier alpha value is -1.59. The quantitative estimate of drug-likeness (QED) is 0.790. The molecular weight excluding hydrogens is 294 g/mol. The maximum atomic E-state index is 12.9. The van der Waals surface area contributed by atoms with Gasteiger partial charge in [-0.15, -0.1) is 0 Å². The van der Waals surface area contributed by atoms with Crippen molar-refractivity contribution in [3.8, 4) is 0 Å². The molecular formula is C17H27N3O3. The van der Waals surface area contributed by atoms with Crippen molar-refractivity contribution in [2.24, 2.45) is 5.92 Å². The van der Waals surface area contributed by atoms with Crippen LogP contribution in [0.2, 0.25) is 0 Å². The number of urea groups is 1. The second-order valence-corrected chi connectivity index (χ2v) is 7.37. The van der Waals surface area contributed by atoms with E-state index in [2.05, 4.69) is 5.32 Å². The normalized spacial score (nSPS) is 34.9. The molecule has 0 unspecified atom stereocenters. The van der Waals surface area contributed by atoms with Gasteiger partial charge in [-0.25, -0.2) is 4.79 Å². The smallest absolute Gasteiger partial charge is 0.325 e. The van der Waals surface area contributed by atoms with Gasteiger partial charge in [-0.05, 0) is 44.9 Å². The first-order valence-electron chi connectivity index (χ1n) is 8.89. The summed E-state index contributed by atoms with van der Waals surface area (Å²) >= 11 is 0. The standard InChI is InChI=1S/C17H27N3O3/c1-12-7-3-5-9-17(12)15(22)20(16(23)18-17)11-14(21)19-10-6-4-8-13(19)2/h12-13H,3-11H2,1-2H3,(H,18,23)/t12-,13-,17-/m1/s1. The van der Waals surface area contributed by atoms with E-state index >= 15 is 0 Å². The molecule has 6 heteroatoms. The van der Waals surface area contributed by atoms with Gasteiger partial charge in [0, 0.05) is 12.6 Å². The van der Waals surface area contributed by atoms with Crippen molar-refractivity contribution in [3.05, 3.63) is 0 Å². The zero-order valence-electron chi connectivity index (χ0n) is 14.1. The van der Waals surface area contributed by atoms with Crippen molar-refractivity contribution < 1.29 is 14.4 Å². The fraction of sp³-hybridized carbons (Fsp3) is 0.824. The van der Waals surface area contributed by atoms with Crippen LogP contribution in [0.3, 0.4) is 0 Å². The lowest BCUT2D eigenvalue weighted by molar-refractivity contribution is -0.142. The van der Waals surface area contributed by atoms with Crippen LogP contribution in [0.25, 0.3) is 0 Å². The Kier molecular flexibility index (Phi) is 4.34. The number of likely N-dealkylation sites (tertiary alicyclic amines) is 1. The average Bonchev–Trinajstić information content (AvgIpc) is 2.76. The molecule has 0 bridgehead atoms. The predicted octanol–water partition coefficient (Wildman–Crippen LogP) is 1.89. The molecule has 1 saturated carbocycles. The summed E-state index contributed by atoms with van der Waals surface area (Å²) in [6, 6.07) is -0.207. The third kappa shape index (κ3) is 2.72. The van der Waals surface area contributed by atoms with Crippen molar-refractivity contribution in [2.45, 2.75) is 70.4 Å². The fourth-order valence-corrected chi connectivity index (χ4v) is 4.33. The second kappa shape index (κ2) is 6.13.